The van der Waals surface area contributed by atoms with Crippen molar-refractivity contribution in [3.63, 3.8) is 0 Å². The summed E-state index contributed by atoms with van der Waals surface area (Å²) in [6.07, 6.45) is 2.22. The van der Waals surface area contributed by atoms with Crippen LogP contribution in [0, 0.1) is 0 Å². The first-order valence-electron chi connectivity index (χ1n) is 7.52. The molecule has 1 fully saturated rings. The van der Waals surface area contributed by atoms with Crippen molar-refractivity contribution in [3.8, 4) is 5.75 Å². The van der Waals surface area contributed by atoms with E-state index in [4.69, 9.17) is 4.74 Å². The van der Waals surface area contributed by atoms with E-state index in [2.05, 4.69) is 48.3 Å². The lowest BCUT2D eigenvalue weighted by atomic mass is 10.0. The van der Waals surface area contributed by atoms with Crippen molar-refractivity contribution in [1.29, 1.82) is 0 Å². The highest BCUT2D eigenvalue weighted by atomic mass is 16.5. The van der Waals surface area contributed by atoms with Gasteiger partial charge in [-0.25, -0.2) is 0 Å². The minimum atomic E-state index is 0.544. The zero-order chi connectivity index (χ0) is 13.5. The Morgan fingerprint density at radius 3 is 2.42 bits per heavy atom. The summed E-state index contributed by atoms with van der Waals surface area (Å²) in [5, 5.41) is 3.42. The maximum atomic E-state index is 5.65. The molecular weight excluding hydrogens is 236 g/mol. The number of hydrogen-bond acceptors (Lipinski definition) is 3. The van der Waals surface area contributed by atoms with Crippen LogP contribution >= 0.6 is 0 Å². The van der Waals surface area contributed by atoms with Gasteiger partial charge in [-0.05, 0) is 30.5 Å². The fraction of sp³-hybridized carbons (Fsp3) is 0.625. The molecule has 0 spiro atoms. The van der Waals surface area contributed by atoms with Crippen LogP contribution in [0.2, 0.25) is 0 Å². The van der Waals surface area contributed by atoms with E-state index in [-0.39, 0.29) is 0 Å². The summed E-state index contributed by atoms with van der Waals surface area (Å²) in [4.78, 5) is 2.58. The van der Waals surface area contributed by atoms with E-state index in [1.165, 1.54) is 5.56 Å². The molecule has 1 aliphatic rings. The van der Waals surface area contributed by atoms with Crippen LogP contribution in [-0.2, 0) is 0 Å². The number of nitrogens with one attached hydrogen (secondary N) is 1. The molecule has 3 heteroatoms. The summed E-state index contributed by atoms with van der Waals surface area (Å²) < 4.78 is 5.65. The highest BCUT2D eigenvalue weighted by molar-refractivity contribution is 5.29. The summed E-state index contributed by atoms with van der Waals surface area (Å²) in [7, 11) is 0. The highest BCUT2D eigenvalue weighted by Gasteiger charge is 2.20. The molecule has 106 valence electrons. The van der Waals surface area contributed by atoms with Crippen LogP contribution in [0.5, 0.6) is 5.75 Å². The van der Waals surface area contributed by atoms with Gasteiger partial charge in [0.2, 0.25) is 0 Å². The van der Waals surface area contributed by atoms with Crippen molar-refractivity contribution in [2.75, 3.05) is 32.8 Å². The Hall–Kier alpha value is -1.06. The van der Waals surface area contributed by atoms with Crippen LogP contribution < -0.4 is 10.1 Å². The molecule has 1 saturated heterocycles. The fourth-order valence-electron chi connectivity index (χ4n) is 2.70. The maximum absolute atomic E-state index is 5.65. The Morgan fingerprint density at radius 2 is 1.84 bits per heavy atom. The molecule has 0 saturated carbocycles. The molecule has 1 heterocycles. The molecule has 0 radical (unpaired) electrons. The minimum Gasteiger partial charge on any atom is -0.494 e. The molecule has 1 atom stereocenters. The topological polar surface area (TPSA) is 24.5 Å². The van der Waals surface area contributed by atoms with E-state index in [0.29, 0.717) is 6.04 Å². The van der Waals surface area contributed by atoms with Gasteiger partial charge < -0.3 is 10.1 Å². The lowest BCUT2D eigenvalue weighted by Crippen LogP contribution is -2.45. The van der Waals surface area contributed by atoms with Gasteiger partial charge in [0, 0.05) is 32.2 Å². The predicted octanol–water partition coefficient (Wildman–Crippen LogP) is 2.83. The number of hydrogen-bond donors (Lipinski definition) is 1. The Morgan fingerprint density at radius 1 is 1.16 bits per heavy atom. The number of ether oxygens (including phenoxy) is 1. The lowest BCUT2D eigenvalue weighted by Gasteiger charge is -2.34. The van der Waals surface area contributed by atoms with E-state index in [1.807, 2.05) is 0 Å². The van der Waals surface area contributed by atoms with Gasteiger partial charge in [0.15, 0.2) is 0 Å². The first-order valence-corrected chi connectivity index (χ1v) is 7.52. The molecule has 1 aromatic carbocycles. The Kier molecular flexibility index (Phi) is 5.67. The van der Waals surface area contributed by atoms with Crippen LogP contribution in [0.25, 0.3) is 0 Å². The lowest BCUT2D eigenvalue weighted by molar-refractivity contribution is 0.169. The van der Waals surface area contributed by atoms with E-state index in [0.717, 1.165) is 51.4 Å². The predicted molar refractivity (Wildman–Crippen MR) is 79.7 cm³/mol. The van der Waals surface area contributed by atoms with Gasteiger partial charge in [-0.3, -0.25) is 4.90 Å². The molecule has 1 aliphatic heterocycles. The quantitative estimate of drug-likeness (QED) is 0.853. The molecule has 3 nitrogen and oxygen atoms in total. The number of rotatable bonds is 6. The third kappa shape index (κ3) is 3.95. The third-order valence-electron chi connectivity index (χ3n) is 3.72. The number of benzene rings is 1. The van der Waals surface area contributed by atoms with Gasteiger partial charge in [-0.2, -0.15) is 0 Å². The van der Waals surface area contributed by atoms with Crippen molar-refractivity contribution in [2.45, 2.75) is 32.7 Å². The zero-order valence-electron chi connectivity index (χ0n) is 12.2. The Labute approximate surface area is 116 Å². The molecule has 1 N–H and O–H groups in total. The second-order valence-corrected chi connectivity index (χ2v) is 5.13. The molecular formula is C16H26N2O. The second kappa shape index (κ2) is 7.51. The molecule has 0 amide bonds. The van der Waals surface area contributed by atoms with E-state index >= 15 is 0 Å². The molecule has 0 aromatic heterocycles. The van der Waals surface area contributed by atoms with Crippen molar-refractivity contribution in [2.24, 2.45) is 0 Å². The number of nitrogens with zero attached hydrogens (tertiary/aromatic N) is 1. The van der Waals surface area contributed by atoms with E-state index in [9.17, 15) is 0 Å². The van der Waals surface area contributed by atoms with Crippen molar-refractivity contribution in [1.82, 2.24) is 10.2 Å². The molecule has 1 aromatic rings. The SMILES string of the molecule is CCCOc1ccc(C(CC)N2CCNCC2)cc1. The highest BCUT2D eigenvalue weighted by Crippen LogP contribution is 2.26. The first kappa shape index (κ1) is 14.4. The van der Waals surface area contributed by atoms with Gasteiger partial charge in [-0.15, -0.1) is 0 Å². The summed E-state index contributed by atoms with van der Waals surface area (Å²) >= 11 is 0. The second-order valence-electron chi connectivity index (χ2n) is 5.13. The zero-order valence-corrected chi connectivity index (χ0v) is 12.2. The van der Waals surface area contributed by atoms with Gasteiger partial charge in [0.25, 0.3) is 0 Å². The van der Waals surface area contributed by atoms with Crippen LogP contribution in [-0.4, -0.2) is 37.7 Å². The summed E-state index contributed by atoms with van der Waals surface area (Å²) in [5.41, 5.74) is 1.41. The van der Waals surface area contributed by atoms with Crippen LogP contribution in [0.3, 0.4) is 0 Å². The Balaban J connectivity index is 2.01. The maximum Gasteiger partial charge on any atom is 0.119 e. The molecule has 19 heavy (non-hydrogen) atoms. The van der Waals surface area contributed by atoms with Crippen LogP contribution in [0.15, 0.2) is 24.3 Å². The molecule has 0 bridgehead atoms. The largest absolute Gasteiger partial charge is 0.494 e. The normalized spacial score (nSPS) is 18.2. The minimum absolute atomic E-state index is 0.544. The van der Waals surface area contributed by atoms with Crippen molar-refractivity contribution >= 4 is 0 Å². The molecule has 2 rings (SSSR count). The van der Waals surface area contributed by atoms with Gasteiger partial charge >= 0.3 is 0 Å². The molecule has 0 aliphatic carbocycles. The van der Waals surface area contributed by atoms with Crippen LogP contribution in [0.4, 0.5) is 0 Å². The van der Waals surface area contributed by atoms with Gasteiger partial charge in [-0.1, -0.05) is 26.0 Å². The smallest absolute Gasteiger partial charge is 0.119 e. The van der Waals surface area contributed by atoms with Gasteiger partial charge in [0.05, 0.1) is 6.61 Å². The summed E-state index contributed by atoms with van der Waals surface area (Å²) in [6.45, 7) is 9.70. The fourth-order valence-corrected chi connectivity index (χ4v) is 2.70. The van der Waals surface area contributed by atoms with E-state index in [1.54, 1.807) is 0 Å². The van der Waals surface area contributed by atoms with Crippen molar-refractivity contribution in [3.05, 3.63) is 29.8 Å². The van der Waals surface area contributed by atoms with Crippen LogP contribution in [0.1, 0.15) is 38.3 Å². The van der Waals surface area contributed by atoms with Gasteiger partial charge in [0.1, 0.15) is 5.75 Å². The Bertz CT molecular complexity index is 358. The monoisotopic (exact) mass is 262 g/mol. The molecule has 1 unspecified atom stereocenters. The average molecular weight is 262 g/mol. The number of piperazine rings is 1. The standard InChI is InChI=1S/C16H26N2O/c1-3-13-19-15-7-5-14(6-8-15)16(4-2)18-11-9-17-10-12-18/h5-8,16-17H,3-4,9-13H2,1-2H3. The van der Waals surface area contributed by atoms with Crippen molar-refractivity contribution < 1.29 is 4.74 Å². The summed E-state index contributed by atoms with van der Waals surface area (Å²) in [6, 6.07) is 9.20. The first-order chi connectivity index (χ1) is 9.35. The average Bonchev–Trinajstić information content (AvgIpc) is 2.48. The summed E-state index contributed by atoms with van der Waals surface area (Å²) in [5.74, 6) is 0.987. The van der Waals surface area contributed by atoms with E-state index < -0.39 is 0 Å². The third-order valence-corrected chi connectivity index (χ3v) is 3.72.